The first kappa shape index (κ1) is 15.8. The summed E-state index contributed by atoms with van der Waals surface area (Å²) < 4.78 is 15.1. The van der Waals surface area contributed by atoms with Crippen LogP contribution in [-0.4, -0.2) is 26.7 Å². The summed E-state index contributed by atoms with van der Waals surface area (Å²) in [5, 5.41) is 0. The molecule has 0 N–H and O–H groups in total. The lowest BCUT2D eigenvalue weighted by molar-refractivity contribution is -0.131. The molecule has 0 radical (unpaired) electrons. The molecule has 0 bridgehead atoms. The molecular formula is C20H20FN3O. The summed E-state index contributed by atoms with van der Waals surface area (Å²) >= 11 is 0. The lowest BCUT2D eigenvalue weighted by Gasteiger charge is -2.26. The highest BCUT2D eigenvalue weighted by molar-refractivity contribution is 5.79. The number of halogens is 1. The zero-order chi connectivity index (χ0) is 17.4. The molecule has 4 rings (SSSR count). The summed E-state index contributed by atoms with van der Waals surface area (Å²) in [6, 6.07) is 12.3. The number of aromatic nitrogens is 2. The number of pyridine rings is 1. The highest BCUT2D eigenvalue weighted by atomic mass is 19.1. The lowest BCUT2D eigenvalue weighted by atomic mass is 10.1. The van der Waals surface area contributed by atoms with Crippen LogP contribution in [0.4, 0.5) is 4.39 Å². The Morgan fingerprint density at radius 1 is 1.24 bits per heavy atom. The van der Waals surface area contributed by atoms with E-state index >= 15 is 0 Å². The molecule has 4 nitrogen and oxygen atoms in total. The number of imidazole rings is 1. The molecule has 5 heteroatoms. The first-order chi connectivity index (χ1) is 12.1. The maximum atomic E-state index is 13.1. The molecule has 1 atom stereocenters. The van der Waals surface area contributed by atoms with Gasteiger partial charge in [0.2, 0.25) is 5.91 Å². The minimum absolute atomic E-state index is 0.0604. The van der Waals surface area contributed by atoms with Gasteiger partial charge in [-0.2, -0.15) is 0 Å². The summed E-state index contributed by atoms with van der Waals surface area (Å²) in [4.78, 5) is 19.3. The van der Waals surface area contributed by atoms with Gasteiger partial charge in [-0.15, -0.1) is 0 Å². The highest BCUT2D eigenvalue weighted by Gasteiger charge is 2.31. The molecule has 3 aromatic rings. The Bertz CT molecular complexity index is 916. The van der Waals surface area contributed by atoms with Crippen molar-refractivity contribution < 1.29 is 9.18 Å². The van der Waals surface area contributed by atoms with Crippen molar-refractivity contribution in [3.63, 3.8) is 0 Å². The number of nitrogens with zero attached hydrogens (tertiary/aromatic N) is 3. The van der Waals surface area contributed by atoms with Crippen LogP contribution in [0.25, 0.3) is 5.65 Å². The summed E-state index contributed by atoms with van der Waals surface area (Å²) in [7, 11) is 0. The van der Waals surface area contributed by atoms with Gasteiger partial charge in [-0.25, -0.2) is 9.37 Å². The van der Waals surface area contributed by atoms with E-state index in [1.807, 2.05) is 30.2 Å². The van der Waals surface area contributed by atoms with Crippen LogP contribution in [0.15, 0.2) is 48.7 Å². The lowest BCUT2D eigenvalue weighted by Crippen LogP contribution is -2.32. The maximum absolute atomic E-state index is 13.1. The van der Waals surface area contributed by atoms with Gasteiger partial charge >= 0.3 is 0 Å². The second kappa shape index (κ2) is 6.31. The Labute approximate surface area is 145 Å². The first-order valence-electron chi connectivity index (χ1n) is 8.60. The van der Waals surface area contributed by atoms with E-state index in [9.17, 15) is 9.18 Å². The van der Waals surface area contributed by atoms with E-state index in [0.717, 1.165) is 42.0 Å². The third-order valence-electron chi connectivity index (χ3n) is 4.83. The van der Waals surface area contributed by atoms with Gasteiger partial charge in [0.1, 0.15) is 11.5 Å². The number of carbonyl (C=O) groups excluding carboxylic acids is 1. The normalized spacial score (nSPS) is 17.4. The minimum atomic E-state index is -0.280. The largest absolute Gasteiger partial charge is 0.334 e. The van der Waals surface area contributed by atoms with E-state index in [4.69, 9.17) is 0 Å². The van der Waals surface area contributed by atoms with Gasteiger partial charge in [-0.3, -0.25) is 4.79 Å². The van der Waals surface area contributed by atoms with E-state index in [1.54, 1.807) is 12.1 Å². The molecule has 1 aliphatic rings. The van der Waals surface area contributed by atoms with Gasteiger partial charge in [0, 0.05) is 18.4 Å². The van der Waals surface area contributed by atoms with E-state index < -0.39 is 0 Å². The Balaban J connectivity index is 1.61. The predicted octanol–water partition coefficient (Wildman–Crippen LogP) is 3.69. The highest BCUT2D eigenvalue weighted by Crippen LogP contribution is 2.32. The van der Waals surface area contributed by atoms with Crippen LogP contribution < -0.4 is 0 Å². The van der Waals surface area contributed by atoms with E-state index in [1.165, 1.54) is 12.1 Å². The number of benzene rings is 1. The number of carbonyl (C=O) groups is 1. The van der Waals surface area contributed by atoms with Crippen LogP contribution in [0.5, 0.6) is 0 Å². The number of fused-ring (bicyclic) bond motifs is 1. The van der Waals surface area contributed by atoms with Crippen molar-refractivity contribution in [2.45, 2.75) is 32.2 Å². The Morgan fingerprint density at radius 2 is 2.04 bits per heavy atom. The molecule has 1 aliphatic heterocycles. The number of aryl methyl sites for hydroxylation is 1. The van der Waals surface area contributed by atoms with Gasteiger partial charge < -0.3 is 9.30 Å². The van der Waals surface area contributed by atoms with Crippen molar-refractivity contribution in [3.8, 4) is 0 Å². The molecule has 0 unspecified atom stereocenters. The zero-order valence-electron chi connectivity index (χ0n) is 14.2. The molecular weight excluding hydrogens is 317 g/mol. The molecule has 3 heterocycles. The molecule has 25 heavy (non-hydrogen) atoms. The molecule has 1 amide bonds. The number of likely N-dealkylation sites (tertiary alicyclic amines) is 1. The third kappa shape index (κ3) is 3.02. The molecule has 0 saturated carbocycles. The fourth-order valence-electron chi connectivity index (χ4n) is 3.68. The summed E-state index contributed by atoms with van der Waals surface area (Å²) in [6.45, 7) is 2.73. The van der Waals surface area contributed by atoms with Crippen molar-refractivity contribution in [1.82, 2.24) is 14.3 Å². The van der Waals surface area contributed by atoms with Crippen molar-refractivity contribution >= 4 is 11.6 Å². The van der Waals surface area contributed by atoms with Crippen molar-refractivity contribution in [2.24, 2.45) is 0 Å². The Hall–Kier alpha value is -2.69. The van der Waals surface area contributed by atoms with Gasteiger partial charge in [-0.1, -0.05) is 18.2 Å². The molecule has 1 aromatic carbocycles. The number of amides is 1. The van der Waals surface area contributed by atoms with Crippen LogP contribution in [0.1, 0.15) is 35.8 Å². The number of hydrogen-bond donors (Lipinski definition) is 0. The van der Waals surface area contributed by atoms with Crippen LogP contribution in [0.2, 0.25) is 0 Å². The second-order valence-electron chi connectivity index (χ2n) is 6.61. The topological polar surface area (TPSA) is 37.6 Å². The van der Waals surface area contributed by atoms with Gasteiger partial charge in [0.15, 0.2) is 0 Å². The number of hydrogen-bond acceptors (Lipinski definition) is 2. The van der Waals surface area contributed by atoms with Crippen LogP contribution in [-0.2, 0) is 11.2 Å². The summed E-state index contributed by atoms with van der Waals surface area (Å²) in [5.41, 5.74) is 3.82. The molecule has 0 aliphatic carbocycles. The Morgan fingerprint density at radius 3 is 2.84 bits per heavy atom. The molecule has 1 fully saturated rings. The van der Waals surface area contributed by atoms with Crippen LogP contribution in [0, 0.1) is 12.7 Å². The maximum Gasteiger partial charge on any atom is 0.227 e. The van der Waals surface area contributed by atoms with E-state index in [2.05, 4.69) is 15.5 Å². The fraction of sp³-hybridized carbons (Fsp3) is 0.300. The van der Waals surface area contributed by atoms with E-state index in [-0.39, 0.29) is 17.8 Å². The van der Waals surface area contributed by atoms with Gasteiger partial charge in [0.25, 0.3) is 0 Å². The van der Waals surface area contributed by atoms with Crippen molar-refractivity contribution in [3.05, 3.63) is 71.4 Å². The van der Waals surface area contributed by atoms with Gasteiger partial charge in [-0.05, 0) is 49.6 Å². The zero-order valence-corrected chi connectivity index (χ0v) is 14.2. The third-order valence-corrected chi connectivity index (χ3v) is 4.83. The summed E-state index contributed by atoms with van der Waals surface area (Å²) in [6.07, 6.45) is 4.26. The van der Waals surface area contributed by atoms with E-state index in [0.29, 0.717) is 6.42 Å². The minimum Gasteiger partial charge on any atom is -0.334 e. The standard InChI is InChI=1S/C20H20FN3O/c1-14-13-24-18(4-2-6-19(24)22-14)17-5-3-11-23(17)20(25)12-15-7-9-16(21)10-8-15/h2,4,6-10,13,17H,3,5,11-12H2,1H3/t17-/m0/s1. The first-order valence-corrected chi connectivity index (χ1v) is 8.60. The smallest absolute Gasteiger partial charge is 0.227 e. The molecule has 0 spiro atoms. The SMILES string of the molecule is Cc1cn2c([C@@H]3CCCN3C(=O)Cc3ccc(F)cc3)cccc2n1. The van der Waals surface area contributed by atoms with Gasteiger partial charge in [0.05, 0.1) is 18.2 Å². The fourth-order valence-corrected chi connectivity index (χ4v) is 3.68. The monoisotopic (exact) mass is 337 g/mol. The van der Waals surface area contributed by atoms with Crippen LogP contribution in [0.3, 0.4) is 0 Å². The number of rotatable bonds is 3. The average Bonchev–Trinajstić information content (AvgIpc) is 3.22. The molecule has 1 saturated heterocycles. The van der Waals surface area contributed by atoms with Crippen molar-refractivity contribution in [2.75, 3.05) is 6.54 Å². The Kier molecular flexibility index (Phi) is 3.99. The summed E-state index contributed by atoms with van der Waals surface area (Å²) in [5.74, 6) is -0.194. The van der Waals surface area contributed by atoms with Crippen LogP contribution >= 0.6 is 0 Å². The predicted molar refractivity (Wildman–Crippen MR) is 93.7 cm³/mol. The quantitative estimate of drug-likeness (QED) is 0.731. The molecule has 128 valence electrons. The van der Waals surface area contributed by atoms with Crippen molar-refractivity contribution in [1.29, 1.82) is 0 Å². The average molecular weight is 337 g/mol. The molecule has 2 aromatic heterocycles. The second-order valence-corrected chi connectivity index (χ2v) is 6.61.